The first-order valence-corrected chi connectivity index (χ1v) is 15.5. The number of nitrogens with one attached hydrogen (secondary N) is 1. The van der Waals surface area contributed by atoms with Crippen molar-refractivity contribution in [2.45, 2.75) is 153 Å². The average molecular weight is 572 g/mol. The Labute approximate surface area is 241 Å². The first-order valence-electron chi connectivity index (χ1n) is 15.5. The second kappa shape index (κ2) is 23.3. The summed E-state index contributed by atoms with van der Waals surface area (Å²) in [6.07, 6.45) is 15.5. The number of carbonyl (C=O) groups is 1. The van der Waals surface area contributed by atoms with Crippen molar-refractivity contribution >= 4 is 5.91 Å². The lowest BCUT2D eigenvalue weighted by Gasteiger charge is -2.40. The summed E-state index contributed by atoms with van der Waals surface area (Å²) in [6.45, 7) is 3.57. The van der Waals surface area contributed by atoms with Crippen molar-refractivity contribution in [3.8, 4) is 0 Å². The highest BCUT2D eigenvalue weighted by molar-refractivity contribution is 5.76. The van der Waals surface area contributed by atoms with E-state index in [4.69, 9.17) is 9.47 Å². The van der Waals surface area contributed by atoms with Gasteiger partial charge >= 0.3 is 0 Å². The Morgan fingerprint density at radius 3 is 2.17 bits per heavy atom. The van der Waals surface area contributed by atoms with Gasteiger partial charge in [0.25, 0.3) is 0 Å². The van der Waals surface area contributed by atoms with E-state index < -0.39 is 49.5 Å². The van der Waals surface area contributed by atoms with Gasteiger partial charge < -0.3 is 40.3 Å². The lowest BCUT2D eigenvalue weighted by Crippen LogP contribution is -2.60. The third-order valence-electron chi connectivity index (χ3n) is 7.31. The van der Waals surface area contributed by atoms with Gasteiger partial charge in [-0.2, -0.15) is 0 Å². The minimum atomic E-state index is -1.55. The Kier molecular flexibility index (Phi) is 21.3. The van der Waals surface area contributed by atoms with Gasteiger partial charge in [-0.3, -0.25) is 4.79 Å². The molecule has 7 unspecified atom stereocenters. The molecule has 9 heteroatoms. The fourth-order valence-corrected chi connectivity index (χ4v) is 4.64. The SMILES string of the molecule is CCCC/C=C\C/C=C\CCCCCCCC(=O)NC(COC1OC(CO)C(O)C(O)C1O)C(O)CCCCC. The number of allylic oxidation sites excluding steroid dienone is 4. The molecule has 40 heavy (non-hydrogen) atoms. The van der Waals surface area contributed by atoms with Crippen LogP contribution in [0.15, 0.2) is 24.3 Å². The second-order valence-electron chi connectivity index (χ2n) is 10.9. The van der Waals surface area contributed by atoms with Crippen molar-refractivity contribution in [2.75, 3.05) is 13.2 Å². The van der Waals surface area contributed by atoms with Crippen molar-refractivity contribution in [1.29, 1.82) is 0 Å². The molecule has 1 rings (SSSR count). The maximum atomic E-state index is 12.6. The van der Waals surface area contributed by atoms with E-state index in [1.165, 1.54) is 19.3 Å². The van der Waals surface area contributed by atoms with Crippen LogP contribution in [0.25, 0.3) is 0 Å². The predicted octanol–water partition coefficient (Wildman–Crippen LogP) is 3.65. The summed E-state index contributed by atoms with van der Waals surface area (Å²) in [6, 6.07) is -0.718. The van der Waals surface area contributed by atoms with Gasteiger partial charge in [-0.1, -0.05) is 89.5 Å². The van der Waals surface area contributed by atoms with E-state index in [1.807, 2.05) is 0 Å². The molecular formula is C31H57NO8. The lowest BCUT2D eigenvalue weighted by molar-refractivity contribution is -0.302. The standard InChI is InChI=1S/C31H57NO8/c1-3-5-7-8-9-10-11-12-13-14-15-16-17-19-21-27(35)32-24(25(34)20-18-6-4-2)23-39-31-30(38)29(37)28(36)26(22-33)40-31/h8-9,11-12,24-26,28-31,33-34,36-38H,3-7,10,13-23H2,1-2H3,(H,32,35)/b9-8-,12-11-. The molecule has 7 atom stereocenters. The van der Waals surface area contributed by atoms with Gasteiger partial charge in [0.1, 0.15) is 24.4 Å². The number of rotatable bonds is 23. The topological polar surface area (TPSA) is 149 Å². The van der Waals surface area contributed by atoms with Crippen molar-refractivity contribution in [3.63, 3.8) is 0 Å². The van der Waals surface area contributed by atoms with Gasteiger partial charge in [-0.05, 0) is 38.5 Å². The Balaban J connectivity index is 2.38. The fraction of sp³-hybridized carbons (Fsp3) is 0.839. The third kappa shape index (κ3) is 15.6. The van der Waals surface area contributed by atoms with Crippen molar-refractivity contribution in [3.05, 3.63) is 24.3 Å². The zero-order valence-corrected chi connectivity index (χ0v) is 24.8. The Morgan fingerprint density at radius 2 is 1.50 bits per heavy atom. The van der Waals surface area contributed by atoms with E-state index in [0.717, 1.165) is 64.2 Å². The molecular weight excluding hydrogens is 514 g/mol. The van der Waals surface area contributed by atoms with E-state index in [9.17, 15) is 30.3 Å². The third-order valence-corrected chi connectivity index (χ3v) is 7.31. The van der Waals surface area contributed by atoms with Crippen LogP contribution in [-0.2, 0) is 14.3 Å². The van der Waals surface area contributed by atoms with Crippen LogP contribution in [-0.4, -0.2) is 87.5 Å². The molecule has 0 aromatic carbocycles. The first-order chi connectivity index (χ1) is 19.3. The van der Waals surface area contributed by atoms with Crippen LogP contribution in [0.4, 0.5) is 0 Å². The van der Waals surface area contributed by atoms with E-state index >= 15 is 0 Å². The molecule has 0 aromatic rings. The highest BCUT2D eigenvalue weighted by Gasteiger charge is 2.44. The van der Waals surface area contributed by atoms with Gasteiger partial charge in [-0.25, -0.2) is 0 Å². The van der Waals surface area contributed by atoms with Gasteiger partial charge in [0.2, 0.25) is 5.91 Å². The van der Waals surface area contributed by atoms with Crippen molar-refractivity contribution in [1.82, 2.24) is 5.32 Å². The maximum absolute atomic E-state index is 12.6. The number of aliphatic hydroxyl groups excluding tert-OH is 5. The average Bonchev–Trinajstić information content (AvgIpc) is 2.95. The quantitative estimate of drug-likeness (QED) is 0.0804. The highest BCUT2D eigenvalue weighted by atomic mass is 16.7. The van der Waals surface area contributed by atoms with Crippen LogP contribution in [0.5, 0.6) is 0 Å². The summed E-state index contributed by atoms with van der Waals surface area (Å²) in [5.74, 6) is -0.174. The molecule has 0 saturated carbocycles. The van der Waals surface area contributed by atoms with Gasteiger partial charge in [0.15, 0.2) is 6.29 Å². The van der Waals surface area contributed by atoms with Gasteiger partial charge in [0, 0.05) is 6.42 Å². The molecule has 1 saturated heterocycles. The molecule has 1 heterocycles. The molecule has 1 amide bonds. The van der Waals surface area contributed by atoms with Crippen LogP contribution in [0.3, 0.4) is 0 Å². The van der Waals surface area contributed by atoms with Gasteiger partial charge in [0.05, 0.1) is 25.4 Å². The van der Waals surface area contributed by atoms with E-state index in [1.54, 1.807) is 0 Å². The smallest absolute Gasteiger partial charge is 0.220 e. The van der Waals surface area contributed by atoms with E-state index in [0.29, 0.717) is 12.8 Å². The molecule has 6 N–H and O–H groups in total. The van der Waals surface area contributed by atoms with Gasteiger partial charge in [-0.15, -0.1) is 0 Å². The first kappa shape index (κ1) is 36.7. The van der Waals surface area contributed by atoms with Crippen LogP contribution in [0.2, 0.25) is 0 Å². The number of ether oxygens (including phenoxy) is 2. The Hall–Kier alpha value is -1.33. The molecule has 9 nitrogen and oxygen atoms in total. The fourth-order valence-electron chi connectivity index (χ4n) is 4.64. The summed E-state index contributed by atoms with van der Waals surface area (Å²) < 4.78 is 11.0. The minimum absolute atomic E-state index is 0.149. The molecule has 0 radical (unpaired) electrons. The van der Waals surface area contributed by atoms with E-state index in [2.05, 4.69) is 43.5 Å². The van der Waals surface area contributed by atoms with Crippen LogP contribution in [0, 0.1) is 0 Å². The summed E-state index contributed by atoms with van der Waals surface area (Å²) in [5.41, 5.74) is 0. The molecule has 1 aliphatic rings. The summed E-state index contributed by atoms with van der Waals surface area (Å²) in [4.78, 5) is 12.6. The minimum Gasteiger partial charge on any atom is -0.394 e. The normalized spacial score (nSPS) is 25.0. The molecule has 234 valence electrons. The van der Waals surface area contributed by atoms with Crippen LogP contribution in [0.1, 0.15) is 110 Å². The molecule has 1 aliphatic heterocycles. The number of carbonyl (C=O) groups excluding carboxylic acids is 1. The number of hydrogen-bond acceptors (Lipinski definition) is 8. The number of aliphatic hydroxyl groups is 5. The zero-order chi connectivity index (χ0) is 29.6. The monoisotopic (exact) mass is 571 g/mol. The molecule has 1 fully saturated rings. The summed E-state index contributed by atoms with van der Waals surface area (Å²) in [7, 11) is 0. The predicted molar refractivity (Wildman–Crippen MR) is 157 cm³/mol. The van der Waals surface area contributed by atoms with Crippen LogP contribution >= 0.6 is 0 Å². The maximum Gasteiger partial charge on any atom is 0.220 e. The molecule has 0 aromatic heterocycles. The number of amides is 1. The largest absolute Gasteiger partial charge is 0.394 e. The Morgan fingerprint density at radius 1 is 0.850 bits per heavy atom. The van der Waals surface area contributed by atoms with Crippen LogP contribution < -0.4 is 5.32 Å². The molecule has 0 aliphatic carbocycles. The summed E-state index contributed by atoms with van der Waals surface area (Å²) in [5, 5.41) is 53.1. The number of hydrogen-bond donors (Lipinski definition) is 6. The highest BCUT2D eigenvalue weighted by Crippen LogP contribution is 2.22. The lowest BCUT2D eigenvalue weighted by atomic mass is 9.99. The molecule has 0 spiro atoms. The second-order valence-corrected chi connectivity index (χ2v) is 10.9. The van der Waals surface area contributed by atoms with E-state index in [-0.39, 0.29) is 12.5 Å². The molecule has 0 bridgehead atoms. The number of unbranched alkanes of at least 4 members (excludes halogenated alkanes) is 9. The zero-order valence-electron chi connectivity index (χ0n) is 24.8. The van der Waals surface area contributed by atoms with Crippen molar-refractivity contribution < 1.29 is 39.8 Å². The van der Waals surface area contributed by atoms with Crippen molar-refractivity contribution in [2.24, 2.45) is 0 Å². The summed E-state index contributed by atoms with van der Waals surface area (Å²) >= 11 is 0. The Bertz CT molecular complexity index is 686.